The molecule has 366 valence electrons. The number of benzene rings is 7. The Morgan fingerprint density at radius 2 is 0.676 bits per heavy atom. The fraction of sp³-hybridized carbons (Fsp3) is 0.279. The smallest absolute Gasteiger partial charge is 0.255 e. The fourth-order valence-electron chi connectivity index (χ4n) is 8.85. The second-order valence-electron chi connectivity index (χ2n) is 17.8. The molecule has 2 aliphatic rings. The standard InChI is InChI=1S/C61H62O10/c62-61(56-36-53(65-39-48-26-12-3-13-27-48)57(66-40-49-28-14-4-15-29-49)54(70-56)44-63-37-46-22-8-1-9-23-46)60(69-43-52-34-20-7-21-35-52)59(68-42-51-32-18-6-19-33-51)58(67-41-50-30-16-5-17-31-50)55(71-61)45-64-38-47-24-10-2-11-25-47/h1-36,53-55,57-60,62H,37-45H2/t53-,54-,55-,57+,58-,59+,60-,61+/m1/s1. The van der Waals surface area contributed by atoms with Gasteiger partial charge in [0.1, 0.15) is 36.6 Å². The highest BCUT2D eigenvalue weighted by atomic mass is 16.7. The van der Waals surface area contributed by atoms with Crippen molar-refractivity contribution < 1.29 is 47.7 Å². The van der Waals surface area contributed by atoms with Crippen LogP contribution >= 0.6 is 0 Å². The molecule has 7 aromatic rings. The van der Waals surface area contributed by atoms with Crippen LogP contribution in [0.25, 0.3) is 0 Å². The molecule has 0 radical (unpaired) electrons. The Kier molecular flexibility index (Phi) is 18.0. The first-order valence-electron chi connectivity index (χ1n) is 24.4. The lowest BCUT2D eigenvalue weighted by Crippen LogP contribution is -2.69. The molecule has 1 fully saturated rings. The van der Waals surface area contributed by atoms with Crippen molar-refractivity contribution in [2.45, 2.75) is 94.8 Å². The van der Waals surface area contributed by atoms with Gasteiger partial charge < -0.3 is 47.7 Å². The summed E-state index contributed by atoms with van der Waals surface area (Å²) in [6.07, 6.45) is -4.37. The Hall–Kier alpha value is -6.28. The number of rotatable bonds is 24. The van der Waals surface area contributed by atoms with Gasteiger partial charge in [-0.25, -0.2) is 0 Å². The maximum absolute atomic E-state index is 13.8. The molecule has 0 aliphatic carbocycles. The summed E-state index contributed by atoms with van der Waals surface area (Å²) in [6, 6.07) is 69.5. The van der Waals surface area contributed by atoms with Crippen LogP contribution < -0.4 is 0 Å². The van der Waals surface area contributed by atoms with Crippen LogP contribution in [0.2, 0.25) is 0 Å². The van der Waals surface area contributed by atoms with E-state index < -0.39 is 48.5 Å². The number of aliphatic hydroxyl groups is 1. The summed E-state index contributed by atoms with van der Waals surface area (Å²) in [6.45, 7) is 1.78. The van der Waals surface area contributed by atoms with E-state index in [0.717, 1.165) is 38.9 Å². The summed E-state index contributed by atoms with van der Waals surface area (Å²) in [4.78, 5) is 0. The molecule has 1 saturated heterocycles. The predicted molar refractivity (Wildman–Crippen MR) is 270 cm³/mol. The summed E-state index contributed by atoms with van der Waals surface area (Å²) in [5.74, 6) is -2.23. The molecular weight excluding hydrogens is 893 g/mol. The second-order valence-corrected chi connectivity index (χ2v) is 17.8. The number of hydrogen-bond acceptors (Lipinski definition) is 10. The summed E-state index contributed by atoms with van der Waals surface area (Å²) in [5.41, 5.74) is 6.70. The SMILES string of the molecule is O[C@@]1(C2=C[C@@H](OCc3ccccc3)[C@H](OCc3ccccc3)[C@@H](COCc3ccccc3)O2)O[C@H](COCc2ccccc2)[C@@H](OCc2ccccc2)[C@H](OCc2ccccc2)[C@H]1OCc1ccccc1. The van der Waals surface area contributed by atoms with Crippen LogP contribution in [0.4, 0.5) is 0 Å². The summed E-state index contributed by atoms with van der Waals surface area (Å²) in [5, 5.41) is 13.8. The average Bonchev–Trinajstić information content (AvgIpc) is 3.43. The topological polar surface area (TPSA) is 103 Å². The molecule has 71 heavy (non-hydrogen) atoms. The van der Waals surface area contributed by atoms with Gasteiger partial charge >= 0.3 is 0 Å². The first kappa shape index (κ1) is 49.7. The van der Waals surface area contributed by atoms with Gasteiger partial charge in [-0.3, -0.25) is 0 Å². The van der Waals surface area contributed by atoms with E-state index >= 15 is 0 Å². The monoisotopic (exact) mass is 954 g/mol. The van der Waals surface area contributed by atoms with E-state index in [4.69, 9.17) is 42.6 Å². The average molecular weight is 955 g/mol. The molecule has 1 N–H and O–H groups in total. The van der Waals surface area contributed by atoms with Gasteiger partial charge in [-0.1, -0.05) is 212 Å². The predicted octanol–water partition coefficient (Wildman–Crippen LogP) is 10.7. The van der Waals surface area contributed by atoms with Gasteiger partial charge in [0, 0.05) is 0 Å². The minimum absolute atomic E-state index is 0.0287. The highest BCUT2D eigenvalue weighted by Crippen LogP contribution is 2.43. The molecule has 10 heteroatoms. The van der Waals surface area contributed by atoms with Crippen LogP contribution in [0.1, 0.15) is 38.9 Å². The normalized spacial score (nSPS) is 23.1. The molecule has 0 unspecified atom stereocenters. The van der Waals surface area contributed by atoms with Crippen molar-refractivity contribution in [3.63, 3.8) is 0 Å². The van der Waals surface area contributed by atoms with Crippen molar-refractivity contribution >= 4 is 0 Å². The zero-order valence-corrected chi connectivity index (χ0v) is 39.8. The Morgan fingerprint density at radius 3 is 1.08 bits per heavy atom. The van der Waals surface area contributed by atoms with Gasteiger partial charge in [0.25, 0.3) is 5.79 Å². The third-order valence-corrected chi connectivity index (χ3v) is 12.5. The molecule has 10 nitrogen and oxygen atoms in total. The van der Waals surface area contributed by atoms with Crippen molar-refractivity contribution in [1.82, 2.24) is 0 Å². The van der Waals surface area contributed by atoms with Crippen molar-refractivity contribution in [2.75, 3.05) is 13.2 Å². The van der Waals surface area contributed by atoms with E-state index in [1.807, 2.05) is 212 Å². The lowest BCUT2D eigenvalue weighted by Gasteiger charge is -2.52. The molecule has 0 saturated carbocycles. The molecule has 0 aromatic heterocycles. The summed E-state index contributed by atoms with van der Waals surface area (Å²) >= 11 is 0. The highest BCUT2D eigenvalue weighted by Gasteiger charge is 2.61. The van der Waals surface area contributed by atoms with E-state index in [1.165, 1.54) is 0 Å². The molecule has 2 heterocycles. The Morgan fingerprint density at radius 1 is 0.352 bits per heavy atom. The Balaban J connectivity index is 1.13. The molecule has 0 bridgehead atoms. The van der Waals surface area contributed by atoms with Gasteiger partial charge in [0.15, 0.2) is 11.9 Å². The van der Waals surface area contributed by atoms with Gasteiger partial charge in [-0.05, 0) is 45.0 Å². The van der Waals surface area contributed by atoms with Gasteiger partial charge in [-0.2, -0.15) is 0 Å². The highest BCUT2D eigenvalue weighted by molar-refractivity contribution is 5.24. The molecule has 8 atom stereocenters. The van der Waals surface area contributed by atoms with Crippen LogP contribution in [0.15, 0.2) is 224 Å². The Labute approximate surface area is 417 Å². The van der Waals surface area contributed by atoms with E-state index in [2.05, 4.69) is 0 Å². The molecule has 0 amide bonds. The quantitative estimate of drug-likeness (QED) is 0.0630. The van der Waals surface area contributed by atoms with E-state index in [1.54, 1.807) is 6.08 Å². The van der Waals surface area contributed by atoms with Gasteiger partial charge in [0.05, 0.1) is 59.5 Å². The summed E-state index contributed by atoms with van der Waals surface area (Å²) < 4.78 is 61.7. The zero-order chi connectivity index (χ0) is 48.3. The molecule has 9 rings (SSSR count). The second kappa shape index (κ2) is 25.7. The summed E-state index contributed by atoms with van der Waals surface area (Å²) in [7, 11) is 0. The lowest BCUT2D eigenvalue weighted by molar-refractivity contribution is -0.368. The van der Waals surface area contributed by atoms with E-state index in [0.29, 0.717) is 13.2 Å². The van der Waals surface area contributed by atoms with Crippen LogP contribution in [-0.2, 0) is 88.9 Å². The molecule has 7 aromatic carbocycles. The van der Waals surface area contributed by atoms with Crippen LogP contribution in [0.5, 0.6) is 0 Å². The van der Waals surface area contributed by atoms with Gasteiger partial charge in [-0.15, -0.1) is 0 Å². The minimum Gasteiger partial charge on any atom is -0.484 e. The van der Waals surface area contributed by atoms with Crippen LogP contribution in [0, 0.1) is 0 Å². The molecule has 2 aliphatic heterocycles. The zero-order valence-electron chi connectivity index (χ0n) is 39.8. The third-order valence-electron chi connectivity index (χ3n) is 12.5. The first-order chi connectivity index (χ1) is 35.1. The first-order valence-corrected chi connectivity index (χ1v) is 24.4. The molecular formula is C61H62O10. The van der Waals surface area contributed by atoms with Crippen molar-refractivity contribution in [1.29, 1.82) is 0 Å². The van der Waals surface area contributed by atoms with Crippen LogP contribution in [-0.4, -0.2) is 66.8 Å². The van der Waals surface area contributed by atoms with Crippen molar-refractivity contribution in [3.05, 3.63) is 263 Å². The number of hydrogen-bond donors (Lipinski definition) is 1. The lowest BCUT2D eigenvalue weighted by atomic mass is 9.88. The fourth-order valence-corrected chi connectivity index (χ4v) is 8.85. The van der Waals surface area contributed by atoms with Crippen molar-refractivity contribution in [3.8, 4) is 0 Å². The maximum atomic E-state index is 13.8. The third kappa shape index (κ3) is 14.0. The van der Waals surface area contributed by atoms with Crippen LogP contribution in [0.3, 0.4) is 0 Å². The number of ether oxygens (including phenoxy) is 9. The van der Waals surface area contributed by atoms with E-state index in [9.17, 15) is 5.11 Å². The van der Waals surface area contributed by atoms with Gasteiger partial charge in [0.2, 0.25) is 0 Å². The largest absolute Gasteiger partial charge is 0.484 e. The Bertz CT molecular complexity index is 2610. The maximum Gasteiger partial charge on any atom is 0.255 e. The molecule has 0 spiro atoms. The minimum atomic E-state index is -2.31. The van der Waals surface area contributed by atoms with E-state index in [-0.39, 0.29) is 52.0 Å². The van der Waals surface area contributed by atoms with Crippen molar-refractivity contribution in [2.24, 2.45) is 0 Å².